The SMILES string of the molecule is COc1ccc([C@H](C)N[C@@H](C)CO)c(Br)c1. The summed E-state index contributed by atoms with van der Waals surface area (Å²) in [4.78, 5) is 0. The molecule has 16 heavy (non-hydrogen) atoms. The Morgan fingerprint density at radius 1 is 1.44 bits per heavy atom. The molecule has 2 N–H and O–H groups in total. The second kappa shape index (κ2) is 6.23. The van der Waals surface area contributed by atoms with E-state index < -0.39 is 0 Å². The molecule has 0 aromatic heterocycles. The van der Waals surface area contributed by atoms with Crippen molar-refractivity contribution in [2.45, 2.75) is 25.9 Å². The van der Waals surface area contributed by atoms with Crippen LogP contribution in [-0.2, 0) is 0 Å². The van der Waals surface area contributed by atoms with Crippen molar-refractivity contribution in [2.75, 3.05) is 13.7 Å². The summed E-state index contributed by atoms with van der Waals surface area (Å²) in [7, 11) is 1.65. The first-order chi connectivity index (χ1) is 7.58. The lowest BCUT2D eigenvalue weighted by Crippen LogP contribution is -2.31. The Hall–Kier alpha value is -0.580. The van der Waals surface area contributed by atoms with Crippen LogP contribution in [0.1, 0.15) is 25.5 Å². The zero-order valence-corrected chi connectivity index (χ0v) is 11.4. The molecule has 0 bridgehead atoms. The molecule has 1 aromatic rings. The van der Waals surface area contributed by atoms with E-state index in [-0.39, 0.29) is 18.7 Å². The molecule has 0 spiro atoms. The molecule has 90 valence electrons. The molecule has 1 rings (SSSR count). The second-order valence-corrected chi connectivity index (χ2v) is 4.71. The number of rotatable bonds is 5. The summed E-state index contributed by atoms with van der Waals surface area (Å²) in [5.74, 6) is 0.832. The average Bonchev–Trinajstić information content (AvgIpc) is 2.28. The van der Waals surface area contributed by atoms with Crippen LogP contribution in [0, 0.1) is 0 Å². The fraction of sp³-hybridized carbons (Fsp3) is 0.500. The second-order valence-electron chi connectivity index (χ2n) is 3.86. The minimum Gasteiger partial charge on any atom is -0.497 e. The van der Waals surface area contributed by atoms with Crippen LogP contribution in [0.2, 0.25) is 0 Å². The fourth-order valence-corrected chi connectivity index (χ4v) is 2.26. The van der Waals surface area contributed by atoms with Crippen LogP contribution >= 0.6 is 15.9 Å². The van der Waals surface area contributed by atoms with Crippen LogP contribution in [0.15, 0.2) is 22.7 Å². The van der Waals surface area contributed by atoms with Crippen LogP contribution in [0.25, 0.3) is 0 Å². The number of hydrogen-bond acceptors (Lipinski definition) is 3. The number of halogens is 1. The monoisotopic (exact) mass is 287 g/mol. The van der Waals surface area contributed by atoms with Crippen molar-refractivity contribution >= 4 is 15.9 Å². The maximum atomic E-state index is 8.99. The van der Waals surface area contributed by atoms with E-state index in [0.29, 0.717) is 0 Å². The summed E-state index contributed by atoms with van der Waals surface area (Å²) < 4.78 is 6.15. The van der Waals surface area contributed by atoms with Gasteiger partial charge in [0.25, 0.3) is 0 Å². The van der Waals surface area contributed by atoms with Crippen LogP contribution in [-0.4, -0.2) is 24.9 Å². The number of benzene rings is 1. The van der Waals surface area contributed by atoms with E-state index in [1.54, 1.807) is 7.11 Å². The lowest BCUT2D eigenvalue weighted by molar-refractivity contribution is 0.243. The van der Waals surface area contributed by atoms with Crippen molar-refractivity contribution in [3.05, 3.63) is 28.2 Å². The van der Waals surface area contributed by atoms with Crippen LogP contribution in [0.3, 0.4) is 0 Å². The number of hydrogen-bond donors (Lipinski definition) is 2. The summed E-state index contributed by atoms with van der Waals surface area (Å²) in [5, 5.41) is 12.3. The third kappa shape index (κ3) is 3.47. The Labute approximate surface area is 105 Å². The van der Waals surface area contributed by atoms with Gasteiger partial charge in [0.15, 0.2) is 0 Å². The molecule has 0 amide bonds. The molecule has 0 radical (unpaired) electrons. The smallest absolute Gasteiger partial charge is 0.120 e. The molecule has 4 heteroatoms. The van der Waals surface area contributed by atoms with Gasteiger partial charge >= 0.3 is 0 Å². The quantitative estimate of drug-likeness (QED) is 0.874. The minimum absolute atomic E-state index is 0.0870. The van der Waals surface area contributed by atoms with Crippen LogP contribution in [0.4, 0.5) is 0 Å². The van der Waals surface area contributed by atoms with Gasteiger partial charge in [-0.05, 0) is 31.5 Å². The highest BCUT2D eigenvalue weighted by atomic mass is 79.9. The maximum absolute atomic E-state index is 8.99. The number of aliphatic hydroxyl groups is 1. The van der Waals surface area contributed by atoms with Gasteiger partial charge in [-0.1, -0.05) is 22.0 Å². The van der Waals surface area contributed by atoms with Crippen molar-refractivity contribution in [3.63, 3.8) is 0 Å². The molecule has 0 aliphatic heterocycles. The van der Waals surface area contributed by atoms with Crippen molar-refractivity contribution < 1.29 is 9.84 Å². The first-order valence-corrected chi connectivity index (χ1v) is 6.08. The summed E-state index contributed by atoms with van der Waals surface area (Å²) in [5.41, 5.74) is 1.15. The molecule has 0 saturated heterocycles. The maximum Gasteiger partial charge on any atom is 0.120 e. The van der Waals surface area contributed by atoms with E-state index in [2.05, 4.69) is 28.2 Å². The van der Waals surface area contributed by atoms with Crippen LogP contribution < -0.4 is 10.1 Å². The predicted octanol–water partition coefficient (Wildman–Crippen LogP) is 2.49. The fourth-order valence-electron chi connectivity index (χ4n) is 1.56. The third-order valence-electron chi connectivity index (χ3n) is 2.48. The number of nitrogens with one attached hydrogen (secondary N) is 1. The van der Waals surface area contributed by atoms with Gasteiger partial charge < -0.3 is 15.2 Å². The van der Waals surface area contributed by atoms with Gasteiger partial charge in [0.05, 0.1) is 13.7 Å². The number of methoxy groups -OCH3 is 1. The van der Waals surface area contributed by atoms with Gasteiger partial charge in [-0.3, -0.25) is 0 Å². The molecular weight excluding hydrogens is 270 g/mol. The first-order valence-electron chi connectivity index (χ1n) is 5.28. The lowest BCUT2D eigenvalue weighted by Gasteiger charge is -2.20. The third-order valence-corrected chi connectivity index (χ3v) is 3.17. The largest absolute Gasteiger partial charge is 0.497 e. The Bertz CT molecular complexity index is 344. The van der Waals surface area contributed by atoms with Gasteiger partial charge in [0.2, 0.25) is 0 Å². The Morgan fingerprint density at radius 2 is 2.12 bits per heavy atom. The molecular formula is C12H18BrNO2. The highest BCUT2D eigenvalue weighted by Crippen LogP contribution is 2.27. The molecule has 1 aromatic carbocycles. The Balaban J connectivity index is 2.79. The van der Waals surface area contributed by atoms with E-state index in [0.717, 1.165) is 15.8 Å². The van der Waals surface area contributed by atoms with E-state index in [1.165, 1.54) is 0 Å². The highest BCUT2D eigenvalue weighted by molar-refractivity contribution is 9.10. The summed E-state index contributed by atoms with van der Waals surface area (Å²) in [6.07, 6.45) is 0. The van der Waals surface area contributed by atoms with Gasteiger partial charge in [0.1, 0.15) is 5.75 Å². The number of ether oxygens (including phenoxy) is 1. The average molecular weight is 288 g/mol. The summed E-state index contributed by atoms with van der Waals surface area (Å²) in [6, 6.07) is 6.16. The first kappa shape index (κ1) is 13.5. The van der Waals surface area contributed by atoms with Gasteiger partial charge in [-0.2, -0.15) is 0 Å². The van der Waals surface area contributed by atoms with Crippen molar-refractivity contribution in [1.29, 1.82) is 0 Å². The molecule has 0 heterocycles. The number of aliphatic hydroxyl groups excluding tert-OH is 1. The zero-order valence-electron chi connectivity index (χ0n) is 9.83. The standard InChI is InChI=1S/C12H18BrNO2/c1-8(7-15)14-9(2)11-5-4-10(16-3)6-12(11)13/h4-6,8-9,14-15H,7H2,1-3H3/t8-,9-/m0/s1. The van der Waals surface area contributed by atoms with Crippen LogP contribution in [0.5, 0.6) is 5.75 Å². The molecule has 2 atom stereocenters. The van der Waals surface area contributed by atoms with E-state index in [9.17, 15) is 0 Å². The molecule has 0 saturated carbocycles. The van der Waals surface area contributed by atoms with E-state index in [1.807, 2.05) is 25.1 Å². The zero-order chi connectivity index (χ0) is 12.1. The normalized spacial score (nSPS) is 14.6. The lowest BCUT2D eigenvalue weighted by atomic mass is 10.1. The highest BCUT2D eigenvalue weighted by Gasteiger charge is 2.12. The summed E-state index contributed by atoms with van der Waals surface area (Å²) >= 11 is 3.52. The topological polar surface area (TPSA) is 41.5 Å². The van der Waals surface area contributed by atoms with Crippen molar-refractivity contribution in [3.8, 4) is 5.75 Å². The molecule has 0 aliphatic carbocycles. The van der Waals surface area contributed by atoms with Gasteiger partial charge in [0, 0.05) is 16.6 Å². The molecule has 3 nitrogen and oxygen atoms in total. The van der Waals surface area contributed by atoms with E-state index in [4.69, 9.17) is 9.84 Å². The van der Waals surface area contributed by atoms with Gasteiger partial charge in [-0.15, -0.1) is 0 Å². The Morgan fingerprint density at radius 3 is 2.62 bits per heavy atom. The summed E-state index contributed by atoms with van der Waals surface area (Å²) in [6.45, 7) is 4.16. The minimum atomic E-state index is 0.0870. The molecule has 0 aliphatic rings. The van der Waals surface area contributed by atoms with Crippen molar-refractivity contribution in [2.24, 2.45) is 0 Å². The predicted molar refractivity (Wildman–Crippen MR) is 68.8 cm³/mol. The van der Waals surface area contributed by atoms with Crippen molar-refractivity contribution in [1.82, 2.24) is 5.32 Å². The van der Waals surface area contributed by atoms with E-state index >= 15 is 0 Å². The van der Waals surface area contributed by atoms with Gasteiger partial charge in [-0.25, -0.2) is 0 Å². The Kier molecular flexibility index (Phi) is 5.25. The molecule has 0 fully saturated rings. The molecule has 0 unspecified atom stereocenters.